The lowest BCUT2D eigenvalue weighted by Crippen LogP contribution is -2.22. The number of nitrogens with two attached hydrogens (primary N) is 1. The number of carbonyl (C=O) groups is 1. The minimum Gasteiger partial charge on any atom is -0.493 e. The predicted molar refractivity (Wildman–Crippen MR) is 84.0 cm³/mol. The molecular formula is C15H21N3O5. The van der Waals surface area contributed by atoms with Crippen LogP contribution in [0.1, 0.15) is 29.6 Å². The molecule has 0 aromatic heterocycles. The van der Waals surface area contributed by atoms with Gasteiger partial charge in [-0.1, -0.05) is 0 Å². The Balaban J connectivity index is 2.05. The highest BCUT2D eigenvalue weighted by atomic mass is 16.6. The van der Waals surface area contributed by atoms with Crippen LogP contribution >= 0.6 is 0 Å². The number of amides is 1. The van der Waals surface area contributed by atoms with Crippen molar-refractivity contribution < 1.29 is 19.2 Å². The molecule has 0 radical (unpaired) electrons. The molecule has 0 spiro atoms. The van der Waals surface area contributed by atoms with Crippen LogP contribution in [0.25, 0.3) is 0 Å². The Hall–Kier alpha value is -2.35. The number of ether oxygens (including phenoxy) is 2. The van der Waals surface area contributed by atoms with E-state index in [0.717, 1.165) is 26.1 Å². The third-order valence-electron chi connectivity index (χ3n) is 3.82. The number of benzene rings is 1. The lowest BCUT2D eigenvalue weighted by Gasteiger charge is -2.15. The second-order valence-electron chi connectivity index (χ2n) is 5.39. The number of nitro benzene ring substituents is 1. The monoisotopic (exact) mass is 323 g/mol. The lowest BCUT2D eigenvalue weighted by atomic mass is 10.1. The smallest absolute Gasteiger partial charge is 0.286 e. The summed E-state index contributed by atoms with van der Waals surface area (Å²) in [5.41, 5.74) is 4.59. The van der Waals surface area contributed by atoms with E-state index in [1.807, 2.05) is 0 Å². The average molecular weight is 323 g/mol. The molecule has 0 atom stereocenters. The zero-order valence-corrected chi connectivity index (χ0v) is 13.1. The van der Waals surface area contributed by atoms with E-state index in [-0.39, 0.29) is 22.7 Å². The number of rotatable bonds is 8. The van der Waals surface area contributed by atoms with E-state index in [2.05, 4.69) is 4.90 Å². The highest BCUT2D eigenvalue weighted by Gasteiger charge is 2.23. The first-order chi connectivity index (χ1) is 11.0. The largest absolute Gasteiger partial charge is 0.493 e. The van der Waals surface area contributed by atoms with Crippen LogP contribution in [0.5, 0.6) is 11.5 Å². The Morgan fingerprint density at radius 2 is 2.04 bits per heavy atom. The Kier molecular flexibility index (Phi) is 5.75. The molecule has 0 saturated carbocycles. The summed E-state index contributed by atoms with van der Waals surface area (Å²) in [6.45, 7) is 3.58. The summed E-state index contributed by atoms with van der Waals surface area (Å²) in [5, 5.41) is 11.1. The van der Waals surface area contributed by atoms with Gasteiger partial charge in [-0.05, 0) is 32.4 Å². The molecule has 1 fully saturated rings. The number of methoxy groups -OCH3 is 1. The second-order valence-corrected chi connectivity index (χ2v) is 5.39. The Bertz CT molecular complexity index is 585. The number of hydrogen-bond acceptors (Lipinski definition) is 6. The molecule has 0 aliphatic carbocycles. The van der Waals surface area contributed by atoms with Crippen molar-refractivity contribution in [1.82, 2.24) is 4.90 Å². The highest BCUT2D eigenvalue weighted by molar-refractivity contribution is 5.97. The predicted octanol–water partition coefficient (Wildman–Crippen LogP) is 1.57. The maximum absolute atomic E-state index is 11.3. The molecule has 8 nitrogen and oxygen atoms in total. The van der Waals surface area contributed by atoms with Crippen molar-refractivity contribution in [2.45, 2.75) is 19.3 Å². The van der Waals surface area contributed by atoms with Gasteiger partial charge < -0.3 is 20.1 Å². The van der Waals surface area contributed by atoms with Gasteiger partial charge in [0.25, 0.3) is 11.6 Å². The third-order valence-corrected chi connectivity index (χ3v) is 3.82. The minimum atomic E-state index is -0.879. The summed E-state index contributed by atoms with van der Waals surface area (Å²) in [6, 6.07) is 2.44. The maximum Gasteiger partial charge on any atom is 0.286 e. The van der Waals surface area contributed by atoms with E-state index < -0.39 is 10.8 Å². The van der Waals surface area contributed by atoms with Crippen molar-refractivity contribution in [1.29, 1.82) is 0 Å². The lowest BCUT2D eigenvalue weighted by molar-refractivity contribution is -0.385. The van der Waals surface area contributed by atoms with Gasteiger partial charge in [-0.25, -0.2) is 0 Å². The van der Waals surface area contributed by atoms with Crippen molar-refractivity contribution >= 4 is 11.6 Å². The molecule has 1 heterocycles. The van der Waals surface area contributed by atoms with Gasteiger partial charge in [0.15, 0.2) is 11.5 Å². The van der Waals surface area contributed by atoms with Gasteiger partial charge in [-0.15, -0.1) is 0 Å². The second kappa shape index (κ2) is 7.77. The van der Waals surface area contributed by atoms with E-state index in [0.29, 0.717) is 6.61 Å². The van der Waals surface area contributed by atoms with E-state index in [1.54, 1.807) is 0 Å². The number of hydrogen-bond donors (Lipinski definition) is 1. The van der Waals surface area contributed by atoms with Gasteiger partial charge in [0.2, 0.25) is 0 Å². The fourth-order valence-corrected chi connectivity index (χ4v) is 2.65. The molecule has 0 unspecified atom stereocenters. The molecule has 1 aliphatic rings. The number of nitrogens with zero attached hydrogens (tertiary/aromatic N) is 2. The third kappa shape index (κ3) is 4.32. The Labute approximate surface area is 134 Å². The van der Waals surface area contributed by atoms with Gasteiger partial charge in [-0.2, -0.15) is 0 Å². The topological polar surface area (TPSA) is 108 Å². The number of likely N-dealkylation sites (tertiary alicyclic amines) is 1. The Morgan fingerprint density at radius 1 is 1.35 bits per heavy atom. The van der Waals surface area contributed by atoms with Crippen LogP contribution in [0.4, 0.5) is 5.69 Å². The summed E-state index contributed by atoms with van der Waals surface area (Å²) in [7, 11) is 1.41. The van der Waals surface area contributed by atoms with Crippen LogP contribution < -0.4 is 15.2 Å². The van der Waals surface area contributed by atoms with E-state index in [9.17, 15) is 14.9 Å². The molecule has 23 heavy (non-hydrogen) atoms. The van der Waals surface area contributed by atoms with E-state index in [4.69, 9.17) is 15.2 Å². The number of primary amides is 1. The normalized spacial score (nSPS) is 14.7. The van der Waals surface area contributed by atoms with Gasteiger partial charge in [0.05, 0.1) is 24.7 Å². The quantitative estimate of drug-likeness (QED) is 0.442. The SMILES string of the molecule is COc1cc(C(N)=O)c([N+](=O)[O-])cc1OCCCN1CCCC1. The molecule has 2 rings (SSSR count). The summed E-state index contributed by atoms with van der Waals surface area (Å²) in [5.74, 6) is -0.383. The van der Waals surface area contributed by atoms with Crippen LogP contribution in [0.3, 0.4) is 0 Å². The van der Waals surface area contributed by atoms with Crippen LogP contribution in [0.2, 0.25) is 0 Å². The van der Waals surface area contributed by atoms with Gasteiger partial charge in [0, 0.05) is 12.6 Å². The molecule has 126 valence electrons. The van der Waals surface area contributed by atoms with Gasteiger partial charge in [-0.3, -0.25) is 14.9 Å². The van der Waals surface area contributed by atoms with Crippen LogP contribution in [-0.4, -0.2) is 49.1 Å². The fraction of sp³-hybridized carbons (Fsp3) is 0.533. The number of carbonyl (C=O) groups excluding carboxylic acids is 1. The van der Waals surface area contributed by atoms with E-state index >= 15 is 0 Å². The van der Waals surface area contributed by atoms with Crippen molar-refractivity contribution in [3.8, 4) is 11.5 Å². The van der Waals surface area contributed by atoms with Crippen molar-refractivity contribution in [2.75, 3.05) is 33.4 Å². The molecule has 1 amide bonds. The first-order valence-corrected chi connectivity index (χ1v) is 7.54. The molecule has 1 saturated heterocycles. The molecule has 1 aromatic rings. The van der Waals surface area contributed by atoms with Gasteiger partial charge >= 0.3 is 0 Å². The summed E-state index contributed by atoms with van der Waals surface area (Å²) in [4.78, 5) is 24.1. The average Bonchev–Trinajstić information content (AvgIpc) is 3.03. The summed E-state index contributed by atoms with van der Waals surface area (Å²) in [6.07, 6.45) is 3.28. The maximum atomic E-state index is 11.3. The summed E-state index contributed by atoms with van der Waals surface area (Å²) >= 11 is 0. The van der Waals surface area contributed by atoms with Crippen LogP contribution in [0, 0.1) is 10.1 Å². The van der Waals surface area contributed by atoms with Crippen molar-refractivity contribution in [2.24, 2.45) is 5.73 Å². The molecule has 2 N–H and O–H groups in total. The molecule has 0 bridgehead atoms. The molecule has 1 aliphatic heterocycles. The van der Waals surface area contributed by atoms with Crippen LogP contribution in [0.15, 0.2) is 12.1 Å². The fourth-order valence-electron chi connectivity index (χ4n) is 2.65. The van der Waals surface area contributed by atoms with Gasteiger partial charge in [0.1, 0.15) is 5.56 Å². The molecular weight excluding hydrogens is 302 g/mol. The standard InChI is InChI=1S/C15H21N3O5/c1-22-13-9-11(15(16)19)12(18(20)21)10-14(13)23-8-4-7-17-5-2-3-6-17/h9-10H,2-8H2,1H3,(H2,16,19). The molecule has 8 heteroatoms. The first-order valence-electron chi connectivity index (χ1n) is 7.54. The van der Waals surface area contributed by atoms with Crippen LogP contribution in [-0.2, 0) is 0 Å². The minimum absolute atomic E-state index is 0.198. The van der Waals surface area contributed by atoms with Crippen molar-refractivity contribution in [3.05, 3.63) is 27.8 Å². The summed E-state index contributed by atoms with van der Waals surface area (Å²) < 4.78 is 10.7. The molecule has 1 aromatic carbocycles. The number of nitro groups is 1. The zero-order valence-electron chi connectivity index (χ0n) is 13.1. The van der Waals surface area contributed by atoms with E-state index in [1.165, 1.54) is 32.1 Å². The zero-order chi connectivity index (χ0) is 16.8. The Morgan fingerprint density at radius 3 is 2.61 bits per heavy atom. The highest BCUT2D eigenvalue weighted by Crippen LogP contribution is 2.34. The first kappa shape index (κ1) is 17.0. The van der Waals surface area contributed by atoms with Crippen molar-refractivity contribution in [3.63, 3.8) is 0 Å².